The molecule has 0 atom stereocenters. The van der Waals surface area contributed by atoms with Crippen LogP contribution in [0.1, 0.15) is 0 Å². The number of hydrogen-bond acceptors (Lipinski definition) is 2. The molecule has 0 unspecified atom stereocenters. The van der Waals surface area contributed by atoms with Crippen LogP contribution >= 0.6 is 11.6 Å². The van der Waals surface area contributed by atoms with E-state index in [2.05, 4.69) is 28.3 Å². The van der Waals surface area contributed by atoms with Gasteiger partial charge in [-0.3, -0.25) is 0 Å². The molecule has 2 heterocycles. The van der Waals surface area contributed by atoms with Crippen LogP contribution in [0.3, 0.4) is 0 Å². The van der Waals surface area contributed by atoms with Gasteiger partial charge in [-0.05, 0) is 29.8 Å². The van der Waals surface area contributed by atoms with Crippen LogP contribution in [0.5, 0.6) is 0 Å². The first-order chi connectivity index (χ1) is 10.8. The van der Waals surface area contributed by atoms with Crippen molar-refractivity contribution in [2.24, 2.45) is 0 Å². The fraction of sp³-hybridized carbons (Fsp3) is 0. The third-order valence-electron chi connectivity index (χ3n) is 3.55. The highest BCUT2D eigenvalue weighted by Gasteiger charge is 2.10. The second-order valence-electron chi connectivity index (χ2n) is 5.00. The number of fused-ring (bicyclic) bond motifs is 1. The average Bonchev–Trinajstić information content (AvgIpc) is 2.99. The van der Waals surface area contributed by atoms with Crippen molar-refractivity contribution in [3.05, 3.63) is 77.9 Å². The van der Waals surface area contributed by atoms with Gasteiger partial charge in [0.25, 0.3) is 0 Å². The number of aromatic nitrogens is 3. The molecule has 2 aromatic heterocycles. The Morgan fingerprint density at radius 3 is 2.36 bits per heavy atom. The highest BCUT2D eigenvalue weighted by atomic mass is 35.5. The fourth-order valence-electron chi connectivity index (χ4n) is 2.44. The highest BCUT2D eigenvalue weighted by Crippen LogP contribution is 2.26. The van der Waals surface area contributed by atoms with Crippen molar-refractivity contribution in [2.45, 2.75) is 0 Å². The molecule has 0 N–H and O–H groups in total. The van der Waals surface area contributed by atoms with E-state index in [4.69, 9.17) is 11.6 Å². The van der Waals surface area contributed by atoms with Gasteiger partial charge in [-0.25, -0.2) is 9.50 Å². The summed E-state index contributed by atoms with van der Waals surface area (Å²) in [5, 5.41) is 5.21. The Bertz CT molecular complexity index is 945. The molecule has 0 bridgehead atoms. The summed E-state index contributed by atoms with van der Waals surface area (Å²) in [6.07, 6.45) is 1.98. The number of halogens is 1. The Kier molecular flexibility index (Phi) is 3.13. The number of hydrogen-bond donors (Lipinski definition) is 0. The predicted octanol–water partition coefficient (Wildman–Crippen LogP) is 4.72. The zero-order valence-electron chi connectivity index (χ0n) is 11.6. The minimum absolute atomic E-state index is 0.635. The van der Waals surface area contributed by atoms with Crippen molar-refractivity contribution in [3.8, 4) is 22.5 Å². The minimum atomic E-state index is 0.635. The van der Waals surface area contributed by atoms with Gasteiger partial charge < -0.3 is 0 Å². The van der Waals surface area contributed by atoms with Crippen LogP contribution in [0.4, 0.5) is 0 Å². The van der Waals surface area contributed by atoms with E-state index in [-0.39, 0.29) is 0 Å². The molecule has 0 amide bonds. The van der Waals surface area contributed by atoms with Gasteiger partial charge in [-0.2, -0.15) is 0 Å². The van der Waals surface area contributed by atoms with E-state index in [1.165, 1.54) is 0 Å². The second-order valence-corrected chi connectivity index (χ2v) is 5.41. The smallest absolute Gasteiger partial charge is 0.183 e. The summed E-state index contributed by atoms with van der Waals surface area (Å²) in [6.45, 7) is 0. The van der Waals surface area contributed by atoms with Crippen molar-refractivity contribution in [3.63, 3.8) is 0 Å². The molecule has 0 aliphatic heterocycles. The lowest BCUT2D eigenvalue weighted by Gasteiger charge is -2.01. The maximum absolute atomic E-state index is 6.22. The highest BCUT2D eigenvalue weighted by molar-refractivity contribution is 6.33. The minimum Gasteiger partial charge on any atom is -0.220 e. The van der Waals surface area contributed by atoms with Gasteiger partial charge in [0.05, 0.1) is 5.02 Å². The maximum atomic E-state index is 6.22. The quantitative estimate of drug-likeness (QED) is 0.536. The van der Waals surface area contributed by atoms with Gasteiger partial charge in [-0.15, -0.1) is 5.10 Å². The summed E-state index contributed by atoms with van der Waals surface area (Å²) in [7, 11) is 0. The molecule has 0 aliphatic carbocycles. The van der Waals surface area contributed by atoms with Gasteiger partial charge in [0.2, 0.25) is 0 Å². The lowest BCUT2D eigenvalue weighted by Crippen LogP contribution is -1.89. The molecular formula is C18H12ClN3. The van der Waals surface area contributed by atoms with E-state index in [1.54, 1.807) is 4.52 Å². The maximum Gasteiger partial charge on any atom is 0.183 e. The van der Waals surface area contributed by atoms with E-state index < -0.39 is 0 Å². The summed E-state index contributed by atoms with van der Waals surface area (Å²) in [5.74, 6) is 0.635. The van der Waals surface area contributed by atoms with E-state index in [0.29, 0.717) is 10.8 Å². The van der Waals surface area contributed by atoms with Crippen LogP contribution in [-0.2, 0) is 0 Å². The number of pyridine rings is 1. The lowest BCUT2D eigenvalue weighted by atomic mass is 10.1. The third-order valence-corrected chi connectivity index (χ3v) is 3.88. The van der Waals surface area contributed by atoms with Crippen LogP contribution in [0.15, 0.2) is 72.9 Å². The molecule has 2 aromatic carbocycles. The molecule has 3 nitrogen and oxygen atoms in total. The van der Waals surface area contributed by atoms with Gasteiger partial charge in [0, 0.05) is 17.3 Å². The van der Waals surface area contributed by atoms with Crippen molar-refractivity contribution < 1.29 is 0 Å². The van der Waals surface area contributed by atoms with Gasteiger partial charge in [-0.1, -0.05) is 54.1 Å². The summed E-state index contributed by atoms with van der Waals surface area (Å²) in [4.78, 5) is 4.55. The monoisotopic (exact) mass is 305 g/mol. The van der Waals surface area contributed by atoms with E-state index in [0.717, 1.165) is 22.3 Å². The Morgan fingerprint density at radius 1 is 0.773 bits per heavy atom. The molecular weight excluding hydrogens is 294 g/mol. The molecule has 4 aromatic rings. The van der Waals surface area contributed by atoms with Crippen molar-refractivity contribution >= 4 is 17.2 Å². The van der Waals surface area contributed by atoms with E-state index in [1.807, 2.05) is 54.7 Å². The molecule has 22 heavy (non-hydrogen) atoms. The molecule has 0 aliphatic rings. The number of nitrogens with zero attached hydrogens (tertiary/aromatic N) is 3. The zero-order valence-corrected chi connectivity index (χ0v) is 12.4. The van der Waals surface area contributed by atoms with E-state index >= 15 is 0 Å². The summed E-state index contributed by atoms with van der Waals surface area (Å²) >= 11 is 6.22. The van der Waals surface area contributed by atoms with Crippen LogP contribution in [-0.4, -0.2) is 14.6 Å². The first-order valence-electron chi connectivity index (χ1n) is 6.98. The molecule has 106 valence electrons. The third kappa shape index (κ3) is 2.26. The van der Waals surface area contributed by atoms with Crippen LogP contribution < -0.4 is 0 Å². The Hall–Kier alpha value is -2.65. The standard InChI is InChI=1S/C18H12ClN3/c19-16-9-5-4-8-15(16)18-20-17-11-10-14(12-22(17)21-18)13-6-2-1-3-7-13/h1-12H. The Labute approximate surface area is 132 Å². The normalized spacial score (nSPS) is 11.0. The largest absolute Gasteiger partial charge is 0.220 e. The summed E-state index contributed by atoms with van der Waals surface area (Å²) < 4.78 is 1.79. The molecule has 0 spiro atoms. The average molecular weight is 306 g/mol. The summed E-state index contributed by atoms with van der Waals surface area (Å²) in [5.41, 5.74) is 3.90. The summed E-state index contributed by atoms with van der Waals surface area (Å²) in [6, 6.07) is 21.8. The molecule has 0 radical (unpaired) electrons. The predicted molar refractivity (Wildman–Crippen MR) is 88.9 cm³/mol. The molecule has 0 saturated heterocycles. The molecule has 4 heteroatoms. The van der Waals surface area contributed by atoms with Gasteiger partial charge in [0.15, 0.2) is 11.5 Å². The number of rotatable bonds is 2. The Balaban J connectivity index is 1.84. The first kappa shape index (κ1) is 13.0. The number of benzene rings is 2. The lowest BCUT2D eigenvalue weighted by molar-refractivity contribution is 0.967. The SMILES string of the molecule is Clc1ccccc1-c1nc2ccc(-c3ccccc3)cn2n1. The van der Waals surface area contributed by atoms with Gasteiger partial charge in [0.1, 0.15) is 0 Å². The topological polar surface area (TPSA) is 30.2 Å². The molecule has 0 saturated carbocycles. The fourth-order valence-corrected chi connectivity index (χ4v) is 2.66. The Morgan fingerprint density at radius 2 is 1.55 bits per heavy atom. The first-order valence-corrected chi connectivity index (χ1v) is 7.36. The van der Waals surface area contributed by atoms with Crippen LogP contribution in [0.25, 0.3) is 28.2 Å². The zero-order chi connectivity index (χ0) is 14.9. The van der Waals surface area contributed by atoms with Gasteiger partial charge >= 0.3 is 0 Å². The molecule has 0 fully saturated rings. The van der Waals surface area contributed by atoms with Crippen molar-refractivity contribution in [1.29, 1.82) is 0 Å². The molecule has 4 rings (SSSR count). The van der Waals surface area contributed by atoms with E-state index in [9.17, 15) is 0 Å². The van der Waals surface area contributed by atoms with Crippen LogP contribution in [0, 0.1) is 0 Å². The van der Waals surface area contributed by atoms with Crippen molar-refractivity contribution in [1.82, 2.24) is 14.6 Å². The van der Waals surface area contributed by atoms with Crippen LogP contribution in [0.2, 0.25) is 5.02 Å². The second kappa shape index (κ2) is 5.28. The van der Waals surface area contributed by atoms with Crippen molar-refractivity contribution in [2.75, 3.05) is 0 Å².